The van der Waals surface area contributed by atoms with Gasteiger partial charge in [0.2, 0.25) is 0 Å². The molecule has 1 heterocycles. The summed E-state index contributed by atoms with van der Waals surface area (Å²) < 4.78 is 4.97. The van der Waals surface area contributed by atoms with Gasteiger partial charge in [-0.05, 0) is 56.2 Å². The van der Waals surface area contributed by atoms with Crippen molar-refractivity contribution < 1.29 is 14.3 Å². The number of thiophene rings is 1. The van der Waals surface area contributed by atoms with Gasteiger partial charge >= 0.3 is 5.97 Å². The van der Waals surface area contributed by atoms with E-state index in [1.807, 2.05) is 32.0 Å². The molecule has 132 valence electrons. The van der Waals surface area contributed by atoms with E-state index in [0.717, 1.165) is 36.0 Å². The number of hydrogen-bond acceptors (Lipinski definition) is 4. The van der Waals surface area contributed by atoms with Crippen LogP contribution in [0.3, 0.4) is 0 Å². The van der Waals surface area contributed by atoms with Crippen molar-refractivity contribution in [3.63, 3.8) is 0 Å². The van der Waals surface area contributed by atoms with Gasteiger partial charge in [0.15, 0.2) is 0 Å². The summed E-state index contributed by atoms with van der Waals surface area (Å²) >= 11 is 1.51. The molecule has 1 aliphatic rings. The number of nitrogens with one attached hydrogen (secondary N) is 1. The highest BCUT2D eigenvalue weighted by atomic mass is 32.1. The van der Waals surface area contributed by atoms with Crippen molar-refractivity contribution in [2.45, 2.75) is 40.0 Å². The topological polar surface area (TPSA) is 55.4 Å². The number of benzene rings is 1. The lowest BCUT2D eigenvalue weighted by molar-refractivity contribution is 0.0601. The SMILES string of the molecule is COC(=O)c1c(NC(=O)c2ccc(C)cc2C)sc2c1CCC(C)C2. The third kappa shape index (κ3) is 3.47. The minimum Gasteiger partial charge on any atom is -0.465 e. The van der Waals surface area contributed by atoms with Crippen molar-refractivity contribution >= 4 is 28.2 Å². The van der Waals surface area contributed by atoms with Crippen molar-refractivity contribution in [1.82, 2.24) is 0 Å². The summed E-state index contributed by atoms with van der Waals surface area (Å²) in [6, 6.07) is 5.73. The molecule has 3 rings (SSSR count). The Hall–Kier alpha value is -2.14. The number of hydrogen-bond donors (Lipinski definition) is 1. The molecular formula is C20H23NO3S. The predicted molar refractivity (Wildman–Crippen MR) is 101 cm³/mol. The average Bonchev–Trinajstić information content (AvgIpc) is 2.90. The van der Waals surface area contributed by atoms with Crippen LogP contribution in [0.5, 0.6) is 0 Å². The van der Waals surface area contributed by atoms with Crippen LogP contribution < -0.4 is 5.32 Å². The number of aryl methyl sites for hydroxylation is 2. The van der Waals surface area contributed by atoms with E-state index in [1.54, 1.807) is 0 Å². The summed E-state index contributed by atoms with van der Waals surface area (Å²) in [4.78, 5) is 26.2. The van der Waals surface area contributed by atoms with Crippen molar-refractivity contribution in [3.8, 4) is 0 Å². The van der Waals surface area contributed by atoms with Gasteiger partial charge in [-0.15, -0.1) is 11.3 Å². The third-order valence-corrected chi connectivity index (χ3v) is 5.92. The molecule has 25 heavy (non-hydrogen) atoms. The molecule has 1 unspecified atom stereocenters. The molecule has 0 fully saturated rings. The molecule has 0 saturated heterocycles. The Kier molecular flexibility index (Phi) is 4.95. The number of amides is 1. The summed E-state index contributed by atoms with van der Waals surface area (Å²) in [5.41, 5.74) is 4.25. The maximum atomic E-state index is 12.7. The van der Waals surface area contributed by atoms with Crippen molar-refractivity contribution in [3.05, 3.63) is 50.9 Å². The van der Waals surface area contributed by atoms with Gasteiger partial charge in [-0.25, -0.2) is 4.79 Å². The smallest absolute Gasteiger partial charge is 0.341 e. The highest BCUT2D eigenvalue weighted by molar-refractivity contribution is 7.17. The van der Waals surface area contributed by atoms with E-state index >= 15 is 0 Å². The molecule has 1 aliphatic carbocycles. The number of fused-ring (bicyclic) bond motifs is 1. The molecule has 1 amide bonds. The second-order valence-corrected chi connectivity index (χ2v) is 7.93. The van der Waals surface area contributed by atoms with E-state index in [4.69, 9.17) is 4.74 Å². The van der Waals surface area contributed by atoms with Crippen LogP contribution in [0.1, 0.15) is 55.6 Å². The van der Waals surface area contributed by atoms with E-state index in [0.29, 0.717) is 22.0 Å². The molecule has 1 aromatic heterocycles. The normalized spacial score (nSPS) is 16.2. The molecular weight excluding hydrogens is 334 g/mol. The first-order chi connectivity index (χ1) is 11.9. The Morgan fingerprint density at radius 2 is 2.04 bits per heavy atom. The summed E-state index contributed by atoms with van der Waals surface area (Å²) in [5.74, 6) is 0.0387. The molecule has 0 spiro atoms. The molecule has 4 nitrogen and oxygen atoms in total. The zero-order valence-corrected chi connectivity index (χ0v) is 15.9. The predicted octanol–water partition coefficient (Wildman–Crippen LogP) is 4.53. The molecule has 1 aromatic carbocycles. The summed E-state index contributed by atoms with van der Waals surface area (Å²) in [6.07, 6.45) is 2.86. The lowest BCUT2D eigenvalue weighted by Crippen LogP contribution is -2.16. The fourth-order valence-electron chi connectivity index (χ4n) is 3.40. The maximum Gasteiger partial charge on any atom is 0.341 e. The monoisotopic (exact) mass is 357 g/mol. The molecule has 1 atom stereocenters. The number of anilines is 1. The summed E-state index contributed by atoms with van der Waals surface area (Å²) in [7, 11) is 1.38. The molecule has 0 bridgehead atoms. The number of ether oxygens (including phenoxy) is 1. The quantitative estimate of drug-likeness (QED) is 0.821. The van der Waals surface area contributed by atoms with Crippen LogP contribution in [-0.4, -0.2) is 19.0 Å². The van der Waals surface area contributed by atoms with E-state index < -0.39 is 0 Å². The molecule has 0 radical (unpaired) electrons. The lowest BCUT2D eigenvalue weighted by atomic mass is 9.88. The van der Waals surface area contributed by atoms with E-state index in [-0.39, 0.29) is 11.9 Å². The van der Waals surface area contributed by atoms with Gasteiger partial charge in [-0.2, -0.15) is 0 Å². The first-order valence-corrected chi connectivity index (χ1v) is 9.33. The first kappa shape index (κ1) is 17.7. The Morgan fingerprint density at radius 1 is 1.28 bits per heavy atom. The van der Waals surface area contributed by atoms with Gasteiger partial charge in [-0.1, -0.05) is 24.6 Å². The molecule has 1 N–H and O–H groups in total. The molecule has 0 saturated carbocycles. The largest absolute Gasteiger partial charge is 0.465 e. The van der Waals surface area contributed by atoms with Crippen LogP contribution in [-0.2, 0) is 17.6 Å². The van der Waals surface area contributed by atoms with Gasteiger partial charge in [0.25, 0.3) is 5.91 Å². The molecule has 2 aromatic rings. The number of methoxy groups -OCH3 is 1. The fraction of sp³-hybridized carbons (Fsp3) is 0.400. The van der Waals surface area contributed by atoms with Crippen LogP contribution in [0.15, 0.2) is 18.2 Å². The highest BCUT2D eigenvalue weighted by Gasteiger charge is 2.29. The van der Waals surface area contributed by atoms with E-state index in [1.165, 1.54) is 23.3 Å². The van der Waals surface area contributed by atoms with Gasteiger partial charge < -0.3 is 10.1 Å². The summed E-state index contributed by atoms with van der Waals surface area (Å²) in [5, 5.41) is 3.56. The summed E-state index contributed by atoms with van der Waals surface area (Å²) in [6.45, 7) is 6.14. The number of esters is 1. The number of rotatable bonds is 3. The second-order valence-electron chi connectivity index (χ2n) is 6.82. The van der Waals surface area contributed by atoms with Crippen LogP contribution in [0.4, 0.5) is 5.00 Å². The third-order valence-electron chi connectivity index (χ3n) is 4.75. The van der Waals surface area contributed by atoms with Crippen LogP contribution in [0.2, 0.25) is 0 Å². The van der Waals surface area contributed by atoms with Crippen molar-refractivity contribution in [2.75, 3.05) is 12.4 Å². The minimum absolute atomic E-state index is 0.186. The van der Waals surface area contributed by atoms with Gasteiger partial charge in [0.05, 0.1) is 12.7 Å². The van der Waals surface area contributed by atoms with Crippen LogP contribution in [0.25, 0.3) is 0 Å². The average molecular weight is 357 g/mol. The van der Waals surface area contributed by atoms with Crippen LogP contribution >= 0.6 is 11.3 Å². The lowest BCUT2D eigenvalue weighted by Gasteiger charge is -2.18. The Balaban J connectivity index is 1.96. The van der Waals surface area contributed by atoms with Gasteiger partial charge in [-0.3, -0.25) is 4.79 Å². The zero-order valence-electron chi connectivity index (χ0n) is 15.1. The number of carbonyl (C=O) groups is 2. The fourth-order valence-corrected chi connectivity index (χ4v) is 4.79. The van der Waals surface area contributed by atoms with Crippen LogP contribution in [0, 0.1) is 19.8 Å². The van der Waals surface area contributed by atoms with Crippen molar-refractivity contribution in [1.29, 1.82) is 0 Å². The standard InChI is InChI=1S/C20H23NO3S/c1-11-5-7-14(13(3)9-11)18(22)21-19-17(20(23)24-4)15-8-6-12(2)10-16(15)25-19/h5,7,9,12H,6,8,10H2,1-4H3,(H,21,22). The Bertz CT molecular complexity index is 838. The van der Waals surface area contributed by atoms with E-state index in [9.17, 15) is 9.59 Å². The maximum absolute atomic E-state index is 12.7. The molecule has 5 heteroatoms. The van der Waals surface area contributed by atoms with E-state index in [2.05, 4.69) is 12.2 Å². The van der Waals surface area contributed by atoms with Gasteiger partial charge in [0.1, 0.15) is 5.00 Å². The zero-order chi connectivity index (χ0) is 18.1. The second kappa shape index (κ2) is 7.00. The molecule has 0 aliphatic heterocycles. The Morgan fingerprint density at radius 3 is 2.72 bits per heavy atom. The number of carbonyl (C=O) groups excluding carboxylic acids is 2. The minimum atomic E-state index is -0.372. The van der Waals surface area contributed by atoms with Crippen molar-refractivity contribution in [2.24, 2.45) is 5.92 Å². The Labute approximate surface area is 152 Å². The highest BCUT2D eigenvalue weighted by Crippen LogP contribution is 2.40. The van der Waals surface area contributed by atoms with Gasteiger partial charge in [0, 0.05) is 10.4 Å². The first-order valence-electron chi connectivity index (χ1n) is 8.52.